The summed E-state index contributed by atoms with van der Waals surface area (Å²) in [4.78, 5) is 12.1. The van der Waals surface area contributed by atoms with Crippen LogP contribution in [-0.4, -0.2) is 56.6 Å². The third kappa shape index (κ3) is 4.43. The van der Waals surface area contributed by atoms with E-state index < -0.39 is 16.1 Å². The second kappa shape index (κ2) is 7.21. The third-order valence-corrected chi connectivity index (χ3v) is 5.48. The van der Waals surface area contributed by atoms with Gasteiger partial charge in [0.2, 0.25) is 15.9 Å². The van der Waals surface area contributed by atoms with E-state index in [0.717, 1.165) is 6.42 Å². The van der Waals surface area contributed by atoms with Crippen LogP contribution in [0.4, 0.5) is 0 Å². The molecule has 1 heterocycles. The highest BCUT2D eigenvalue weighted by atomic mass is 32.2. The molecule has 1 aliphatic heterocycles. The molecule has 0 aromatic carbocycles. The van der Waals surface area contributed by atoms with Crippen molar-refractivity contribution in [3.63, 3.8) is 0 Å². The quantitative estimate of drug-likeness (QED) is 0.687. The van der Waals surface area contributed by atoms with Crippen molar-refractivity contribution in [1.29, 1.82) is 0 Å². The van der Waals surface area contributed by atoms with E-state index in [9.17, 15) is 13.2 Å². The third-order valence-electron chi connectivity index (χ3n) is 3.40. The summed E-state index contributed by atoms with van der Waals surface area (Å²) in [6.45, 7) is 4.76. The fourth-order valence-corrected chi connectivity index (χ4v) is 3.93. The molecule has 0 bridgehead atoms. The summed E-state index contributed by atoms with van der Waals surface area (Å²) in [6.07, 6.45) is 1.94. The Hall–Kier alpha value is -0.660. The van der Waals surface area contributed by atoms with Crippen molar-refractivity contribution in [3.8, 4) is 0 Å². The molecule has 0 aromatic heterocycles. The maximum absolute atomic E-state index is 12.1. The van der Waals surface area contributed by atoms with E-state index in [1.54, 1.807) is 0 Å². The SMILES string of the molecule is CCCS(=O)(=O)N1CCCC1C(=O)NCC(C)NC. The van der Waals surface area contributed by atoms with Gasteiger partial charge in [-0.3, -0.25) is 4.79 Å². The van der Waals surface area contributed by atoms with Crippen LogP contribution < -0.4 is 10.6 Å². The molecule has 0 aromatic rings. The minimum Gasteiger partial charge on any atom is -0.353 e. The lowest BCUT2D eigenvalue weighted by molar-refractivity contribution is -0.124. The minimum atomic E-state index is -3.29. The van der Waals surface area contributed by atoms with Crippen molar-refractivity contribution in [2.75, 3.05) is 25.9 Å². The van der Waals surface area contributed by atoms with Gasteiger partial charge in [-0.05, 0) is 33.2 Å². The van der Waals surface area contributed by atoms with Gasteiger partial charge in [0, 0.05) is 19.1 Å². The Morgan fingerprint density at radius 1 is 1.47 bits per heavy atom. The molecular weight excluding hydrogens is 266 g/mol. The summed E-state index contributed by atoms with van der Waals surface area (Å²) in [6, 6.07) is -0.355. The molecule has 6 nitrogen and oxygen atoms in total. The number of sulfonamides is 1. The number of hydrogen-bond donors (Lipinski definition) is 2. The Labute approximate surface area is 116 Å². The predicted octanol–water partition coefficient (Wildman–Crippen LogP) is -0.0853. The van der Waals surface area contributed by atoms with Crippen molar-refractivity contribution >= 4 is 15.9 Å². The summed E-state index contributed by atoms with van der Waals surface area (Å²) in [5.74, 6) is -0.0664. The molecule has 1 saturated heterocycles. The summed E-state index contributed by atoms with van der Waals surface area (Å²) >= 11 is 0. The van der Waals surface area contributed by atoms with Crippen molar-refractivity contribution in [2.45, 2.75) is 45.2 Å². The standard InChI is InChI=1S/C12H25N3O3S/c1-4-8-19(17,18)15-7-5-6-11(15)12(16)14-9-10(2)13-3/h10-11,13H,4-9H2,1-3H3,(H,14,16). The molecule has 0 spiro atoms. The number of carbonyl (C=O) groups excluding carboxylic acids is 1. The number of hydrogen-bond acceptors (Lipinski definition) is 4. The van der Waals surface area contributed by atoms with Gasteiger partial charge in [0.25, 0.3) is 0 Å². The van der Waals surface area contributed by atoms with Crippen LogP contribution in [0.15, 0.2) is 0 Å². The van der Waals surface area contributed by atoms with Gasteiger partial charge in [-0.2, -0.15) is 4.31 Å². The maximum Gasteiger partial charge on any atom is 0.238 e. The minimum absolute atomic E-state index is 0.115. The molecule has 1 aliphatic rings. The molecule has 0 aliphatic carbocycles. The van der Waals surface area contributed by atoms with Crippen LogP contribution >= 0.6 is 0 Å². The van der Waals surface area contributed by atoms with Crippen LogP contribution in [0.5, 0.6) is 0 Å². The summed E-state index contributed by atoms with van der Waals surface area (Å²) < 4.78 is 25.5. The van der Waals surface area contributed by atoms with Gasteiger partial charge < -0.3 is 10.6 Å². The fourth-order valence-electron chi connectivity index (χ4n) is 2.18. The molecule has 2 N–H and O–H groups in total. The zero-order valence-corrected chi connectivity index (χ0v) is 12.8. The van der Waals surface area contributed by atoms with Crippen molar-refractivity contribution < 1.29 is 13.2 Å². The zero-order valence-electron chi connectivity index (χ0n) is 12.0. The molecule has 1 fully saturated rings. The van der Waals surface area contributed by atoms with Gasteiger partial charge in [-0.1, -0.05) is 6.92 Å². The number of carbonyl (C=O) groups is 1. The summed E-state index contributed by atoms with van der Waals surface area (Å²) in [5, 5.41) is 5.84. The number of nitrogens with zero attached hydrogens (tertiary/aromatic N) is 1. The molecule has 2 unspecified atom stereocenters. The van der Waals surface area contributed by atoms with E-state index in [1.807, 2.05) is 20.9 Å². The zero-order chi connectivity index (χ0) is 14.5. The molecule has 1 amide bonds. The Morgan fingerprint density at radius 2 is 2.16 bits per heavy atom. The topological polar surface area (TPSA) is 78.5 Å². The van der Waals surface area contributed by atoms with Gasteiger partial charge in [0.1, 0.15) is 6.04 Å². The maximum atomic E-state index is 12.1. The Kier molecular flexibility index (Phi) is 6.22. The first kappa shape index (κ1) is 16.4. The van der Waals surface area contributed by atoms with E-state index in [4.69, 9.17) is 0 Å². The van der Waals surface area contributed by atoms with E-state index >= 15 is 0 Å². The second-order valence-electron chi connectivity index (χ2n) is 5.02. The number of likely N-dealkylation sites (N-methyl/N-ethyl adjacent to an activating group) is 1. The van der Waals surface area contributed by atoms with Crippen molar-refractivity contribution in [2.24, 2.45) is 0 Å². The van der Waals surface area contributed by atoms with Crippen molar-refractivity contribution in [3.05, 3.63) is 0 Å². The van der Waals surface area contributed by atoms with Gasteiger partial charge >= 0.3 is 0 Å². The van der Waals surface area contributed by atoms with Gasteiger partial charge in [0.15, 0.2) is 0 Å². The smallest absolute Gasteiger partial charge is 0.238 e. The molecule has 0 saturated carbocycles. The summed E-state index contributed by atoms with van der Waals surface area (Å²) in [5.41, 5.74) is 0. The first-order valence-electron chi connectivity index (χ1n) is 6.86. The molecule has 2 atom stereocenters. The van der Waals surface area contributed by atoms with E-state index in [-0.39, 0.29) is 17.7 Å². The van der Waals surface area contributed by atoms with Gasteiger partial charge in [0.05, 0.1) is 5.75 Å². The highest BCUT2D eigenvalue weighted by Crippen LogP contribution is 2.21. The molecule has 0 radical (unpaired) electrons. The monoisotopic (exact) mass is 291 g/mol. The lowest BCUT2D eigenvalue weighted by atomic mass is 10.2. The normalized spacial score (nSPS) is 22.4. The van der Waals surface area contributed by atoms with Crippen LogP contribution in [0.3, 0.4) is 0 Å². The van der Waals surface area contributed by atoms with E-state index in [0.29, 0.717) is 25.9 Å². The van der Waals surface area contributed by atoms with Crippen LogP contribution in [0.1, 0.15) is 33.1 Å². The highest BCUT2D eigenvalue weighted by Gasteiger charge is 2.37. The highest BCUT2D eigenvalue weighted by molar-refractivity contribution is 7.89. The lowest BCUT2D eigenvalue weighted by Crippen LogP contribution is -2.48. The molecular formula is C12H25N3O3S. The molecule has 19 heavy (non-hydrogen) atoms. The second-order valence-corrected chi connectivity index (χ2v) is 7.06. The number of rotatable bonds is 7. The van der Waals surface area contributed by atoms with E-state index in [1.165, 1.54) is 4.31 Å². The Bertz CT molecular complexity index is 397. The van der Waals surface area contributed by atoms with Gasteiger partial charge in [-0.25, -0.2) is 8.42 Å². The number of nitrogens with one attached hydrogen (secondary N) is 2. The lowest BCUT2D eigenvalue weighted by Gasteiger charge is -2.23. The first-order valence-corrected chi connectivity index (χ1v) is 8.47. The average Bonchev–Trinajstić information content (AvgIpc) is 2.85. The fraction of sp³-hybridized carbons (Fsp3) is 0.917. The molecule has 7 heteroatoms. The molecule has 1 rings (SSSR count). The predicted molar refractivity (Wildman–Crippen MR) is 75.3 cm³/mol. The Morgan fingerprint density at radius 3 is 2.74 bits per heavy atom. The van der Waals surface area contributed by atoms with Crippen LogP contribution in [0.25, 0.3) is 0 Å². The van der Waals surface area contributed by atoms with Crippen molar-refractivity contribution in [1.82, 2.24) is 14.9 Å². The average molecular weight is 291 g/mol. The van der Waals surface area contributed by atoms with E-state index in [2.05, 4.69) is 10.6 Å². The number of amides is 1. The summed E-state index contributed by atoms with van der Waals surface area (Å²) in [7, 11) is -1.47. The van der Waals surface area contributed by atoms with Crippen LogP contribution in [-0.2, 0) is 14.8 Å². The Balaban J connectivity index is 2.63. The van der Waals surface area contributed by atoms with Gasteiger partial charge in [-0.15, -0.1) is 0 Å². The van der Waals surface area contributed by atoms with Crippen LogP contribution in [0, 0.1) is 0 Å². The molecule has 112 valence electrons. The van der Waals surface area contributed by atoms with Crippen LogP contribution in [0.2, 0.25) is 0 Å². The largest absolute Gasteiger partial charge is 0.353 e. The first-order chi connectivity index (χ1) is 8.92.